The summed E-state index contributed by atoms with van der Waals surface area (Å²) in [5, 5.41) is 6.16. The maximum Gasteiger partial charge on any atom is 0.223 e. The van der Waals surface area contributed by atoms with Crippen molar-refractivity contribution in [1.29, 1.82) is 0 Å². The van der Waals surface area contributed by atoms with Crippen LogP contribution in [-0.2, 0) is 19.1 Å². The van der Waals surface area contributed by atoms with Gasteiger partial charge in [-0.05, 0) is 38.5 Å². The Morgan fingerprint density at radius 2 is 1.58 bits per heavy atom. The third-order valence-electron chi connectivity index (χ3n) is 5.68. The van der Waals surface area contributed by atoms with Crippen LogP contribution in [0.4, 0.5) is 0 Å². The van der Waals surface area contributed by atoms with Crippen molar-refractivity contribution in [2.24, 2.45) is 11.8 Å². The second-order valence-electron chi connectivity index (χ2n) is 7.98. The maximum absolute atomic E-state index is 12.5. The highest BCUT2D eigenvalue weighted by molar-refractivity contribution is 5.86. The van der Waals surface area contributed by atoms with Crippen molar-refractivity contribution in [2.45, 2.75) is 63.5 Å². The molecule has 2 atom stereocenters. The summed E-state index contributed by atoms with van der Waals surface area (Å²) in [5.74, 6) is -0.182. The molecule has 2 saturated heterocycles. The van der Waals surface area contributed by atoms with Crippen molar-refractivity contribution in [2.75, 3.05) is 26.8 Å². The summed E-state index contributed by atoms with van der Waals surface area (Å²) >= 11 is 0. The Labute approximate surface area is 155 Å². The minimum absolute atomic E-state index is 0.00875. The standard InChI is InChI=1S/C19H31N3O4/c1-22-12-16(21-18(24)13-7-9-26-10-8-13)4-2-3-14(11-17(22)23)19(25)20-15-5-6-15/h13-16H,2-12H2,1H3,(H,20,25)(H,21,24)/t14-,16-/m1/s1. The molecule has 2 heterocycles. The van der Waals surface area contributed by atoms with E-state index in [1.54, 1.807) is 11.9 Å². The summed E-state index contributed by atoms with van der Waals surface area (Å²) in [6.07, 6.45) is 6.20. The van der Waals surface area contributed by atoms with Gasteiger partial charge in [0.25, 0.3) is 0 Å². The summed E-state index contributed by atoms with van der Waals surface area (Å²) < 4.78 is 5.32. The van der Waals surface area contributed by atoms with Gasteiger partial charge >= 0.3 is 0 Å². The summed E-state index contributed by atoms with van der Waals surface area (Å²) in [6.45, 7) is 1.78. The number of amides is 3. The van der Waals surface area contributed by atoms with E-state index in [-0.39, 0.29) is 42.0 Å². The molecule has 0 aromatic carbocycles. The molecule has 0 aromatic rings. The molecule has 7 nitrogen and oxygen atoms in total. The maximum atomic E-state index is 12.5. The summed E-state index contributed by atoms with van der Waals surface area (Å²) in [4.78, 5) is 39.0. The zero-order valence-corrected chi connectivity index (χ0v) is 15.7. The van der Waals surface area contributed by atoms with E-state index in [0.717, 1.165) is 38.5 Å². The van der Waals surface area contributed by atoms with Gasteiger partial charge in [0.15, 0.2) is 0 Å². The van der Waals surface area contributed by atoms with Gasteiger partial charge in [0.05, 0.1) is 0 Å². The molecule has 7 heteroatoms. The number of carbonyl (C=O) groups is 3. The summed E-state index contributed by atoms with van der Waals surface area (Å²) in [6, 6.07) is 0.263. The Morgan fingerprint density at radius 3 is 2.27 bits per heavy atom. The molecule has 2 N–H and O–H groups in total. The van der Waals surface area contributed by atoms with Gasteiger partial charge in [-0.2, -0.15) is 0 Å². The van der Waals surface area contributed by atoms with Gasteiger partial charge in [-0.25, -0.2) is 0 Å². The molecule has 1 aliphatic carbocycles. The molecule has 2 aliphatic heterocycles. The van der Waals surface area contributed by atoms with Crippen LogP contribution in [-0.4, -0.2) is 61.5 Å². The first-order valence-corrected chi connectivity index (χ1v) is 9.95. The molecular formula is C19H31N3O4. The molecule has 3 aliphatic rings. The molecule has 0 aromatic heterocycles. The van der Waals surface area contributed by atoms with Crippen molar-refractivity contribution in [3.8, 4) is 0 Å². The second-order valence-corrected chi connectivity index (χ2v) is 7.98. The highest BCUT2D eigenvalue weighted by Crippen LogP contribution is 2.23. The van der Waals surface area contributed by atoms with Crippen LogP contribution >= 0.6 is 0 Å². The van der Waals surface area contributed by atoms with Crippen LogP contribution in [0.2, 0.25) is 0 Å². The van der Waals surface area contributed by atoms with Crippen molar-refractivity contribution in [1.82, 2.24) is 15.5 Å². The van der Waals surface area contributed by atoms with Crippen LogP contribution in [0.5, 0.6) is 0 Å². The van der Waals surface area contributed by atoms with E-state index in [0.29, 0.717) is 32.2 Å². The van der Waals surface area contributed by atoms with Crippen molar-refractivity contribution in [3.05, 3.63) is 0 Å². The zero-order valence-electron chi connectivity index (χ0n) is 15.7. The minimum atomic E-state index is -0.254. The molecule has 26 heavy (non-hydrogen) atoms. The third kappa shape index (κ3) is 5.43. The number of rotatable bonds is 4. The van der Waals surface area contributed by atoms with Gasteiger partial charge in [0.1, 0.15) is 0 Å². The quantitative estimate of drug-likeness (QED) is 0.772. The highest BCUT2D eigenvalue weighted by atomic mass is 16.5. The average Bonchev–Trinajstić information content (AvgIpc) is 3.43. The fourth-order valence-corrected chi connectivity index (χ4v) is 3.77. The fourth-order valence-electron chi connectivity index (χ4n) is 3.77. The van der Waals surface area contributed by atoms with Gasteiger partial charge in [-0.3, -0.25) is 14.4 Å². The number of ether oxygens (including phenoxy) is 1. The third-order valence-corrected chi connectivity index (χ3v) is 5.68. The number of carbonyl (C=O) groups excluding carboxylic acids is 3. The lowest BCUT2D eigenvalue weighted by Gasteiger charge is -2.27. The van der Waals surface area contributed by atoms with Crippen molar-refractivity contribution in [3.63, 3.8) is 0 Å². The first kappa shape index (κ1) is 19.1. The van der Waals surface area contributed by atoms with Crippen LogP contribution < -0.4 is 10.6 Å². The Kier molecular flexibility index (Phi) is 6.51. The van der Waals surface area contributed by atoms with Crippen LogP contribution in [0.1, 0.15) is 51.4 Å². The molecule has 3 fully saturated rings. The number of likely N-dealkylation sites (N-methyl/N-ethyl adjacent to an activating group) is 1. The molecule has 146 valence electrons. The Hall–Kier alpha value is -1.63. The second kappa shape index (κ2) is 8.84. The van der Waals surface area contributed by atoms with Gasteiger partial charge < -0.3 is 20.3 Å². The van der Waals surface area contributed by atoms with Crippen LogP contribution in [0.25, 0.3) is 0 Å². The fraction of sp³-hybridized carbons (Fsp3) is 0.842. The Bertz CT molecular complexity index is 529. The highest BCUT2D eigenvalue weighted by Gasteiger charge is 2.31. The Morgan fingerprint density at radius 1 is 0.923 bits per heavy atom. The molecule has 0 radical (unpaired) electrons. The number of nitrogens with zero attached hydrogens (tertiary/aromatic N) is 1. The average molecular weight is 365 g/mol. The molecule has 0 spiro atoms. The van der Waals surface area contributed by atoms with Gasteiger partial charge in [-0.15, -0.1) is 0 Å². The van der Waals surface area contributed by atoms with Gasteiger partial charge in [0, 0.05) is 57.1 Å². The lowest BCUT2D eigenvalue weighted by molar-refractivity contribution is -0.136. The number of hydrogen-bond donors (Lipinski definition) is 2. The summed E-state index contributed by atoms with van der Waals surface area (Å²) in [5.41, 5.74) is 0. The first-order valence-electron chi connectivity index (χ1n) is 9.95. The largest absolute Gasteiger partial charge is 0.381 e. The lowest BCUT2D eigenvalue weighted by atomic mass is 9.95. The first-order chi connectivity index (χ1) is 12.5. The van der Waals surface area contributed by atoms with Crippen LogP contribution in [0, 0.1) is 11.8 Å². The van der Waals surface area contributed by atoms with Crippen molar-refractivity contribution >= 4 is 17.7 Å². The monoisotopic (exact) mass is 365 g/mol. The predicted octanol–water partition coefficient (Wildman–Crippen LogP) is 0.825. The van der Waals surface area contributed by atoms with Gasteiger partial charge in [0.2, 0.25) is 17.7 Å². The topological polar surface area (TPSA) is 87.7 Å². The van der Waals surface area contributed by atoms with E-state index in [2.05, 4.69) is 10.6 Å². The SMILES string of the molecule is CN1C[C@H](NC(=O)C2CCOCC2)CCC[C@@H](C(=O)NC2CC2)CC1=O. The normalized spacial score (nSPS) is 28.7. The van der Waals surface area contributed by atoms with E-state index in [1.165, 1.54) is 0 Å². The molecule has 0 unspecified atom stereocenters. The summed E-state index contributed by atoms with van der Waals surface area (Å²) in [7, 11) is 1.76. The molecular weight excluding hydrogens is 334 g/mol. The number of nitrogens with one attached hydrogen (secondary N) is 2. The van der Waals surface area contributed by atoms with E-state index < -0.39 is 0 Å². The minimum Gasteiger partial charge on any atom is -0.381 e. The molecule has 3 amide bonds. The van der Waals surface area contributed by atoms with E-state index in [9.17, 15) is 14.4 Å². The van der Waals surface area contributed by atoms with Crippen LogP contribution in [0.3, 0.4) is 0 Å². The van der Waals surface area contributed by atoms with Crippen molar-refractivity contribution < 1.29 is 19.1 Å². The smallest absolute Gasteiger partial charge is 0.223 e. The van der Waals surface area contributed by atoms with Gasteiger partial charge in [-0.1, -0.05) is 6.42 Å². The van der Waals surface area contributed by atoms with Crippen LogP contribution in [0.15, 0.2) is 0 Å². The zero-order chi connectivity index (χ0) is 18.5. The lowest BCUT2D eigenvalue weighted by Crippen LogP contribution is -2.46. The number of hydrogen-bond acceptors (Lipinski definition) is 4. The molecule has 3 rings (SSSR count). The Balaban J connectivity index is 1.55. The van der Waals surface area contributed by atoms with E-state index in [1.807, 2.05) is 0 Å². The molecule has 0 bridgehead atoms. The van der Waals surface area contributed by atoms with E-state index >= 15 is 0 Å². The van der Waals surface area contributed by atoms with E-state index in [4.69, 9.17) is 4.74 Å². The predicted molar refractivity (Wildman–Crippen MR) is 96.2 cm³/mol. The molecule has 1 saturated carbocycles.